The minimum absolute atomic E-state index is 0.610. The van der Waals surface area contributed by atoms with Gasteiger partial charge in [-0.2, -0.15) is 0 Å². The first-order chi connectivity index (χ1) is 6.81. The second-order valence-corrected chi connectivity index (χ2v) is 3.71. The second-order valence-electron chi connectivity index (χ2n) is 3.71. The molecular formula is C10H16N4. The van der Waals surface area contributed by atoms with Crippen molar-refractivity contribution in [1.29, 1.82) is 0 Å². The molecule has 1 aliphatic rings. The quantitative estimate of drug-likeness (QED) is 0.770. The van der Waals surface area contributed by atoms with Crippen LogP contribution in [0.25, 0.3) is 0 Å². The number of hydrogen-bond acceptors (Lipinski definition) is 4. The Hall–Kier alpha value is -1.32. The van der Waals surface area contributed by atoms with Gasteiger partial charge in [0.15, 0.2) is 0 Å². The molecule has 4 nitrogen and oxygen atoms in total. The molecule has 0 spiro atoms. The number of aromatic nitrogens is 2. The maximum atomic E-state index is 5.55. The molecule has 1 atom stereocenters. The van der Waals surface area contributed by atoms with Crippen LogP contribution in [0.1, 0.15) is 26.2 Å². The lowest BCUT2D eigenvalue weighted by Crippen LogP contribution is -2.30. The molecule has 1 fully saturated rings. The van der Waals surface area contributed by atoms with E-state index in [0.717, 1.165) is 18.9 Å². The summed E-state index contributed by atoms with van der Waals surface area (Å²) in [6, 6.07) is 0.610. The molecule has 1 aliphatic heterocycles. The Morgan fingerprint density at radius 2 is 2.21 bits per heavy atom. The molecule has 2 heterocycles. The van der Waals surface area contributed by atoms with Gasteiger partial charge in [0.2, 0.25) is 5.95 Å². The lowest BCUT2D eigenvalue weighted by molar-refractivity contribution is 0.634. The largest absolute Gasteiger partial charge is 0.396 e. The van der Waals surface area contributed by atoms with Crippen LogP contribution < -0.4 is 10.6 Å². The number of nitrogens with two attached hydrogens (primary N) is 1. The van der Waals surface area contributed by atoms with Crippen LogP contribution in [0.15, 0.2) is 12.4 Å². The summed E-state index contributed by atoms with van der Waals surface area (Å²) in [6.07, 6.45) is 7.00. The monoisotopic (exact) mass is 192 g/mol. The lowest BCUT2D eigenvalue weighted by atomic mass is 10.2. The Morgan fingerprint density at radius 1 is 1.50 bits per heavy atom. The van der Waals surface area contributed by atoms with Crippen molar-refractivity contribution in [3.63, 3.8) is 0 Å². The van der Waals surface area contributed by atoms with E-state index in [2.05, 4.69) is 21.8 Å². The number of rotatable bonds is 2. The van der Waals surface area contributed by atoms with E-state index in [1.807, 2.05) is 0 Å². The van der Waals surface area contributed by atoms with Gasteiger partial charge in [0, 0.05) is 12.6 Å². The second kappa shape index (κ2) is 3.82. The molecule has 0 saturated carbocycles. The number of nitrogens with zero attached hydrogens (tertiary/aromatic N) is 3. The molecule has 1 aromatic heterocycles. The van der Waals surface area contributed by atoms with Gasteiger partial charge in [0.05, 0.1) is 18.1 Å². The van der Waals surface area contributed by atoms with E-state index < -0.39 is 0 Å². The van der Waals surface area contributed by atoms with E-state index in [4.69, 9.17) is 5.73 Å². The third-order valence-corrected chi connectivity index (χ3v) is 2.76. The van der Waals surface area contributed by atoms with Gasteiger partial charge >= 0.3 is 0 Å². The summed E-state index contributed by atoms with van der Waals surface area (Å²) < 4.78 is 0. The van der Waals surface area contributed by atoms with E-state index in [0.29, 0.717) is 11.7 Å². The van der Waals surface area contributed by atoms with Crippen molar-refractivity contribution >= 4 is 11.6 Å². The highest BCUT2D eigenvalue weighted by Gasteiger charge is 2.24. The van der Waals surface area contributed by atoms with Gasteiger partial charge in [-0.15, -0.1) is 0 Å². The van der Waals surface area contributed by atoms with Crippen LogP contribution in [-0.2, 0) is 0 Å². The normalized spacial score (nSPS) is 21.5. The van der Waals surface area contributed by atoms with Gasteiger partial charge < -0.3 is 10.6 Å². The van der Waals surface area contributed by atoms with Crippen LogP contribution in [0.4, 0.5) is 11.6 Å². The molecule has 0 amide bonds. The summed E-state index contributed by atoms with van der Waals surface area (Å²) in [5, 5.41) is 0. The molecular weight excluding hydrogens is 176 g/mol. The summed E-state index contributed by atoms with van der Waals surface area (Å²) in [4.78, 5) is 10.8. The van der Waals surface area contributed by atoms with E-state index in [9.17, 15) is 0 Å². The van der Waals surface area contributed by atoms with Gasteiger partial charge in [-0.25, -0.2) is 9.97 Å². The summed E-state index contributed by atoms with van der Waals surface area (Å²) >= 11 is 0. The van der Waals surface area contributed by atoms with Crippen LogP contribution >= 0.6 is 0 Å². The molecule has 0 aliphatic carbocycles. The fraction of sp³-hybridized carbons (Fsp3) is 0.600. The van der Waals surface area contributed by atoms with E-state index in [-0.39, 0.29) is 0 Å². The van der Waals surface area contributed by atoms with Crippen molar-refractivity contribution in [2.45, 2.75) is 32.2 Å². The molecule has 0 bridgehead atoms. The first-order valence-electron chi connectivity index (χ1n) is 5.15. The van der Waals surface area contributed by atoms with Crippen molar-refractivity contribution in [2.24, 2.45) is 0 Å². The summed E-state index contributed by atoms with van der Waals surface area (Å²) in [5.41, 5.74) is 6.17. The first-order valence-corrected chi connectivity index (χ1v) is 5.15. The zero-order valence-electron chi connectivity index (χ0n) is 8.48. The highest BCUT2D eigenvalue weighted by molar-refractivity contribution is 5.39. The van der Waals surface area contributed by atoms with Crippen molar-refractivity contribution < 1.29 is 0 Å². The van der Waals surface area contributed by atoms with Gasteiger partial charge in [0.25, 0.3) is 0 Å². The summed E-state index contributed by atoms with van der Waals surface area (Å²) in [5.74, 6) is 0.823. The number of anilines is 2. The van der Waals surface area contributed by atoms with E-state index in [1.54, 1.807) is 12.4 Å². The van der Waals surface area contributed by atoms with Crippen molar-refractivity contribution in [1.82, 2.24) is 9.97 Å². The molecule has 1 saturated heterocycles. The fourth-order valence-electron chi connectivity index (χ4n) is 2.00. The Labute approximate surface area is 84.2 Å². The van der Waals surface area contributed by atoms with E-state index in [1.165, 1.54) is 12.8 Å². The van der Waals surface area contributed by atoms with Crippen molar-refractivity contribution in [3.8, 4) is 0 Å². The Balaban J connectivity index is 2.17. The van der Waals surface area contributed by atoms with Crippen molar-refractivity contribution in [3.05, 3.63) is 12.4 Å². The molecule has 1 unspecified atom stereocenters. The first kappa shape index (κ1) is 9.24. The maximum absolute atomic E-state index is 5.55. The average molecular weight is 192 g/mol. The summed E-state index contributed by atoms with van der Waals surface area (Å²) in [7, 11) is 0. The van der Waals surface area contributed by atoms with Crippen LogP contribution in [0.2, 0.25) is 0 Å². The molecule has 2 rings (SSSR count). The third-order valence-electron chi connectivity index (χ3n) is 2.76. The lowest BCUT2D eigenvalue weighted by Gasteiger charge is -2.23. The minimum Gasteiger partial charge on any atom is -0.396 e. The Bertz CT molecular complexity index is 295. The molecule has 4 heteroatoms. The van der Waals surface area contributed by atoms with E-state index >= 15 is 0 Å². The predicted molar refractivity (Wildman–Crippen MR) is 57.1 cm³/mol. The molecule has 14 heavy (non-hydrogen) atoms. The van der Waals surface area contributed by atoms with Crippen LogP contribution in [0, 0.1) is 0 Å². The minimum atomic E-state index is 0.610. The standard InChI is InChI=1S/C10H16N4/c1-2-9-4-3-5-14(9)10-12-6-8(11)7-13-10/h6-7,9H,2-5,11H2,1H3. The third kappa shape index (κ3) is 1.64. The highest BCUT2D eigenvalue weighted by Crippen LogP contribution is 2.23. The fourth-order valence-corrected chi connectivity index (χ4v) is 2.00. The Kier molecular flexibility index (Phi) is 2.52. The number of hydrogen-bond donors (Lipinski definition) is 1. The molecule has 1 aromatic rings. The van der Waals surface area contributed by atoms with Crippen LogP contribution in [0.3, 0.4) is 0 Å². The molecule has 76 valence electrons. The smallest absolute Gasteiger partial charge is 0.225 e. The van der Waals surface area contributed by atoms with Gasteiger partial charge in [-0.05, 0) is 19.3 Å². The average Bonchev–Trinajstić information content (AvgIpc) is 2.67. The zero-order valence-corrected chi connectivity index (χ0v) is 8.48. The Morgan fingerprint density at radius 3 is 2.86 bits per heavy atom. The van der Waals surface area contributed by atoms with Gasteiger partial charge in [-0.1, -0.05) is 6.92 Å². The molecule has 0 radical (unpaired) electrons. The maximum Gasteiger partial charge on any atom is 0.225 e. The molecule has 0 aromatic carbocycles. The summed E-state index contributed by atoms with van der Waals surface area (Å²) in [6.45, 7) is 3.28. The number of nitrogen functional groups attached to an aromatic ring is 1. The van der Waals surface area contributed by atoms with Crippen LogP contribution in [-0.4, -0.2) is 22.6 Å². The SMILES string of the molecule is CCC1CCCN1c1ncc(N)cn1. The molecule has 2 N–H and O–H groups in total. The van der Waals surface area contributed by atoms with Gasteiger partial charge in [-0.3, -0.25) is 0 Å². The highest BCUT2D eigenvalue weighted by atomic mass is 15.3. The van der Waals surface area contributed by atoms with Gasteiger partial charge in [0.1, 0.15) is 0 Å². The topological polar surface area (TPSA) is 55.0 Å². The predicted octanol–water partition coefficient (Wildman–Crippen LogP) is 1.44. The zero-order chi connectivity index (χ0) is 9.97. The van der Waals surface area contributed by atoms with Crippen molar-refractivity contribution in [2.75, 3.05) is 17.2 Å². The van der Waals surface area contributed by atoms with Crippen LogP contribution in [0.5, 0.6) is 0 Å².